The summed E-state index contributed by atoms with van der Waals surface area (Å²) in [5.74, 6) is 1.23. The number of carbonyl (C=O) groups is 1. The van der Waals surface area contributed by atoms with Crippen molar-refractivity contribution in [1.82, 2.24) is 0 Å². The molecule has 0 aromatic heterocycles. The molecule has 0 aliphatic heterocycles. The Bertz CT molecular complexity index is 902. The van der Waals surface area contributed by atoms with Gasteiger partial charge in [-0.1, -0.05) is 47.1 Å². The van der Waals surface area contributed by atoms with E-state index in [1.165, 1.54) is 30.4 Å². The first-order valence-corrected chi connectivity index (χ1v) is 13.7. The predicted octanol–water partition coefficient (Wildman–Crippen LogP) is 6.87. The van der Waals surface area contributed by atoms with Crippen LogP contribution in [0.5, 0.6) is 0 Å². The number of hydrogen-bond donors (Lipinski definition) is 1. The Morgan fingerprint density at radius 3 is 2.21 bits per heavy atom. The van der Waals surface area contributed by atoms with Crippen LogP contribution in [0.15, 0.2) is 11.1 Å². The van der Waals surface area contributed by atoms with E-state index in [9.17, 15) is 9.90 Å². The van der Waals surface area contributed by atoms with Gasteiger partial charge in [-0.3, -0.25) is 4.79 Å². The monoisotopic (exact) mass is 456 g/mol. The largest absolute Gasteiger partial charge is 0.393 e. The molecule has 3 heteroatoms. The van der Waals surface area contributed by atoms with Gasteiger partial charge in [0.25, 0.3) is 0 Å². The molecule has 0 aromatic rings. The summed E-state index contributed by atoms with van der Waals surface area (Å²) in [5, 5.41) is 10.8. The summed E-state index contributed by atoms with van der Waals surface area (Å²) in [7, 11) is 1.89. The Balaban J connectivity index is 1.63. The predicted molar refractivity (Wildman–Crippen MR) is 133 cm³/mol. The molecule has 0 amide bonds. The second kappa shape index (κ2) is 6.96. The van der Waals surface area contributed by atoms with Gasteiger partial charge in [-0.15, -0.1) is 0 Å². The molecule has 5 aliphatic rings. The van der Waals surface area contributed by atoms with Crippen LogP contribution in [-0.4, -0.2) is 29.7 Å². The lowest BCUT2D eigenvalue weighted by Gasteiger charge is -2.69. The van der Waals surface area contributed by atoms with E-state index in [1.54, 1.807) is 0 Å². The van der Waals surface area contributed by atoms with Gasteiger partial charge >= 0.3 is 0 Å². The number of allylic oxidation sites excluding steroid dienone is 2. The van der Waals surface area contributed by atoms with Crippen molar-refractivity contribution >= 4 is 5.78 Å². The average Bonchev–Trinajstić information content (AvgIpc) is 2.75. The van der Waals surface area contributed by atoms with Gasteiger partial charge in [0.05, 0.1) is 11.7 Å². The summed E-state index contributed by atoms with van der Waals surface area (Å²) < 4.78 is 6.08. The van der Waals surface area contributed by atoms with Crippen molar-refractivity contribution < 1.29 is 14.6 Å². The molecule has 0 bridgehead atoms. The molecule has 33 heavy (non-hydrogen) atoms. The minimum absolute atomic E-state index is 0.0444. The lowest BCUT2D eigenvalue weighted by atomic mass is 9.35. The second-order valence-corrected chi connectivity index (χ2v) is 14.6. The number of ether oxygens (including phenoxy) is 1. The van der Waals surface area contributed by atoms with E-state index in [4.69, 9.17) is 4.74 Å². The van der Waals surface area contributed by atoms with Gasteiger partial charge in [0.2, 0.25) is 0 Å². The van der Waals surface area contributed by atoms with E-state index in [2.05, 4.69) is 48.5 Å². The molecule has 186 valence electrons. The SMILES string of the molecule is CO[C@]1(C)CC[C@]2(C)CC[C@]3(C)C4=C(CC[C@@]3(C)[C@@H]2C1)[C@@]1(C)CC[C@@H](O)C(C)(C)[C@@H]1CC4=O. The summed E-state index contributed by atoms with van der Waals surface area (Å²) in [4.78, 5) is 14.1. The summed E-state index contributed by atoms with van der Waals surface area (Å²) >= 11 is 0. The van der Waals surface area contributed by atoms with Crippen LogP contribution in [0.1, 0.15) is 113 Å². The number of hydrogen-bond acceptors (Lipinski definition) is 3. The summed E-state index contributed by atoms with van der Waals surface area (Å²) in [6.07, 6.45) is 10.3. The molecule has 5 rings (SSSR count). The molecule has 3 fully saturated rings. The van der Waals surface area contributed by atoms with E-state index < -0.39 is 0 Å². The first-order valence-electron chi connectivity index (χ1n) is 13.7. The standard InChI is InChI=1S/C30H48O3/c1-25(2)21-17-20(31)24-19(28(21,5)11-10-23(25)32)9-12-29(6)22-18-27(4,33-8)15-13-26(22,3)14-16-30(24,29)7/h21-23,32H,9-18H2,1-8H3/t21-,22+,23+,26+,27+,28+,29-,30+/m0/s1. The topological polar surface area (TPSA) is 46.5 Å². The third kappa shape index (κ3) is 2.90. The minimum Gasteiger partial charge on any atom is -0.393 e. The van der Waals surface area contributed by atoms with Crippen molar-refractivity contribution in [3.8, 4) is 0 Å². The third-order valence-corrected chi connectivity index (χ3v) is 13.0. The van der Waals surface area contributed by atoms with E-state index >= 15 is 0 Å². The zero-order valence-electron chi connectivity index (χ0n) is 22.6. The first kappa shape index (κ1) is 24.0. The fourth-order valence-corrected chi connectivity index (χ4v) is 10.1. The second-order valence-electron chi connectivity index (χ2n) is 14.6. The van der Waals surface area contributed by atoms with Gasteiger partial charge in [-0.2, -0.15) is 0 Å². The highest BCUT2D eigenvalue weighted by molar-refractivity contribution is 5.99. The Hall–Kier alpha value is -0.670. The first-order chi connectivity index (χ1) is 15.2. The molecule has 0 saturated heterocycles. The lowest BCUT2D eigenvalue weighted by Crippen LogP contribution is -2.63. The van der Waals surface area contributed by atoms with Crippen LogP contribution < -0.4 is 0 Å². The molecule has 5 aliphatic carbocycles. The molecule has 3 saturated carbocycles. The van der Waals surface area contributed by atoms with Crippen molar-refractivity contribution in [2.24, 2.45) is 38.9 Å². The van der Waals surface area contributed by atoms with Crippen LogP contribution in [0, 0.1) is 38.9 Å². The van der Waals surface area contributed by atoms with E-state index in [-0.39, 0.29) is 39.3 Å². The molecule has 0 radical (unpaired) electrons. The number of ketones is 1. The van der Waals surface area contributed by atoms with Crippen molar-refractivity contribution in [3.63, 3.8) is 0 Å². The van der Waals surface area contributed by atoms with Gasteiger partial charge in [-0.05, 0) is 98.2 Å². The van der Waals surface area contributed by atoms with Crippen molar-refractivity contribution in [2.45, 2.75) is 124 Å². The minimum atomic E-state index is -0.306. The molecule has 1 N–H and O–H groups in total. The Morgan fingerprint density at radius 1 is 0.879 bits per heavy atom. The number of Topliss-reactive ketones (excluding diaryl/α,β-unsaturated/α-hetero) is 1. The normalized spacial score (nSPS) is 53.6. The summed E-state index contributed by atoms with van der Waals surface area (Å²) in [6.45, 7) is 16.7. The van der Waals surface area contributed by atoms with Crippen molar-refractivity contribution in [1.29, 1.82) is 0 Å². The number of aliphatic hydroxyl groups excluding tert-OH is 1. The maximum absolute atomic E-state index is 14.1. The van der Waals surface area contributed by atoms with Gasteiger partial charge in [0, 0.05) is 24.5 Å². The zero-order valence-corrected chi connectivity index (χ0v) is 22.6. The Labute approximate surface area is 202 Å². The highest BCUT2D eigenvalue weighted by atomic mass is 16.5. The zero-order chi connectivity index (χ0) is 24.2. The van der Waals surface area contributed by atoms with Gasteiger partial charge in [0.15, 0.2) is 5.78 Å². The summed E-state index contributed by atoms with van der Waals surface area (Å²) in [6, 6.07) is 0. The molecule has 8 atom stereocenters. The number of carbonyl (C=O) groups excluding carboxylic acids is 1. The van der Waals surface area contributed by atoms with Crippen molar-refractivity contribution in [2.75, 3.05) is 7.11 Å². The van der Waals surface area contributed by atoms with Gasteiger partial charge < -0.3 is 9.84 Å². The van der Waals surface area contributed by atoms with Crippen LogP contribution in [0.4, 0.5) is 0 Å². The highest BCUT2D eigenvalue weighted by Gasteiger charge is 2.67. The molecular formula is C30H48O3. The van der Waals surface area contributed by atoms with Crippen LogP contribution in [0.3, 0.4) is 0 Å². The fourth-order valence-electron chi connectivity index (χ4n) is 10.1. The molecular weight excluding hydrogens is 408 g/mol. The average molecular weight is 457 g/mol. The van der Waals surface area contributed by atoms with E-state index in [1.807, 2.05) is 7.11 Å². The fraction of sp³-hybridized carbons (Fsp3) is 0.900. The van der Waals surface area contributed by atoms with E-state index in [0.29, 0.717) is 23.5 Å². The summed E-state index contributed by atoms with van der Waals surface area (Å²) in [5.41, 5.74) is 2.93. The third-order valence-electron chi connectivity index (χ3n) is 13.0. The van der Waals surface area contributed by atoms with Crippen molar-refractivity contribution in [3.05, 3.63) is 11.1 Å². The molecule has 0 heterocycles. The lowest BCUT2D eigenvalue weighted by molar-refractivity contribution is -0.180. The maximum atomic E-state index is 14.1. The number of methoxy groups -OCH3 is 1. The quantitative estimate of drug-likeness (QED) is 0.468. The van der Waals surface area contributed by atoms with Crippen LogP contribution in [0.2, 0.25) is 0 Å². The van der Waals surface area contributed by atoms with Gasteiger partial charge in [-0.25, -0.2) is 0 Å². The highest BCUT2D eigenvalue weighted by Crippen LogP contribution is 2.74. The Morgan fingerprint density at radius 2 is 1.55 bits per heavy atom. The maximum Gasteiger partial charge on any atom is 0.159 e. The number of aliphatic hydroxyl groups is 1. The van der Waals surface area contributed by atoms with E-state index in [0.717, 1.165) is 38.5 Å². The molecule has 0 unspecified atom stereocenters. The van der Waals surface area contributed by atoms with Crippen LogP contribution >= 0.6 is 0 Å². The molecule has 0 aromatic carbocycles. The molecule has 3 nitrogen and oxygen atoms in total. The number of fused-ring (bicyclic) bond motifs is 6. The Kier molecular flexibility index (Phi) is 5.07. The smallest absolute Gasteiger partial charge is 0.159 e. The van der Waals surface area contributed by atoms with Crippen LogP contribution in [-0.2, 0) is 9.53 Å². The number of rotatable bonds is 1. The van der Waals surface area contributed by atoms with Gasteiger partial charge in [0.1, 0.15) is 0 Å². The molecule has 0 spiro atoms. The van der Waals surface area contributed by atoms with Crippen LogP contribution in [0.25, 0.3) is 0 Å².